The van der Waals surface area contributed by atoms with Crippen LogP contribution in [0.15, 0.2) is 18.2 Å². The second-order valence-electron chi connectivity index (χ2n) is 5.16. The number of carboxylic acids is 1. The van der Waals surface area contributed by atoms with Gasteiger partial charge in [-0.05, 0) is 44.9 Å². The van der Waals surface area contributed by atoms with Crippen LogP contribution >= 0.6 is 0 Å². The fourth-order valence-electron chi connectivity index (χ4n) is 2.56. The summed E-state index contributed by atoms with van der Waals surface area (Å²) in [5, 5.41) is 8.88. The molecule has 0 saturated carbocycles. The normalized spacial score (nSPS) is 10.6. The number of hydrogen-bond donors (Lipinski definition) is 1. The van der Waals surface area contributed by atoms with Crippen molar-refractivity contribution in [3.05, 3.63) is 46.4 Å². The molecule has 0 fully saturated rings. The van der Waals surface area contributed by atoms with Gasteiger partial charge in [-0.3, -0.25) is 4.79 Å². The molecule has 0 aliphatic rings. The number of carboxylic acid groups (broad SMARTS) is 1. The van der Waals surface area contributed by atoms with E-state index in [1.54, 1.807) is 0 Å². The van der Waals surface area contributed by atoms with Crippen molar-refractivity contribution in [1.82, 2.24) is 9.97 Å². The summed E-state index contributed by atoms with van der Waals surface area (Å²) in [6.07, 6.45) is -0.154. The molecule has 1 heterocycles. The largest absolute Gasteiger partial charge is 0.481 e. The SMILES string of the molecule is Cc1cc(C)c(-c2cc(C)nc(CC(=O)O)n2)c(C)c1. The van der Waals surface area contributed by atoms with E-state index in [0.29, 0.717) is 5.82 Å². The molecule has 0 aliphatic heterocycles. The third-order valence-corrected chi connectivity index (χ3v) is 3.14. The van der Waals surface area contributed by atoms with Crippen LogP contribution in [0.3, 0.4) is 0 Å². The van der Waals surface area contributed by atoms with Crippen LogP contribution in [0.2, 0.25) is 0 Å². The van der Waals surface area contributed by atoms with Crippen LogP contribution in [-0.2, 0) is 11.2 Å². The molecule has 0 amide bonds. The first-order valence-electron chi connectivity index (χ1n) is 6.51. The zero-order valence-corrected chi connectivity index (χ0v) is 12.2. The Balaban J connectivity index is 2.58. The fraction of sp³-hybridized carbons (Fsp3) is 0.312. The van der Waals surface area contributed by atoms with Crippen LogP contribution in [-0.4, -0.2) is 21.0 Å². The highest BCUT2D eigenvalue weighted by molar-refractivity contribution is 5.71. The summed E-state index contributed by atoms with van der Waals surface area (Å²) in [6.45, 7) is 8.01. The number of hydrogen-bond acceptors (Lipinski definition) is 3. The van der Waals surface area contributed by atoms with E-state index in [-0.39, 0.29) is 6.42 Å². The highest BCUT2D eigenvalue weighted by Gasteiger charge is 2.12. The molecule has 1 aromatic heterocycles. The first-order chi connectivity index (χ1) is 9.36. The van der Waals surface area contributed by atoms with Crippen molar-refractivity contribution in [2.75, 3.05) is 0 Å². The molecule has 4 nitrogen and oxygen atoms in total. The van der Waals surface area contributed by atoms with Crippen molar-refractivity contribution in [3.8, 4) is 11.3 Å². The minimum Gasteiger partial charge on any atom is -0.481 e. The number of benzene rings is 1. The average Bonchev–Trinajstić information content (AvgIpc) is 2.25. The van der Waals surface area contributed by atoms with Crippen LogP contribution in [0.25, 0.3) is 11.3 Å². The van der Waals surface area contributed by atoms with Crippen LogP contribution in [0.5, 0.6) is 0 Å². The molecule has 0 atom stereocenters. The monoisotopic (exact) mass is 270 g/mol. The van der Waals surface area contributed by atoms with Crippen molar-refractivity contribution in [2.45, 2.75) is 34.1 Å². The van der Waals surface area contributed by atoms with Crippen LogP contribution < -0.4 is 0 Å². The summed E-state index contributed by atoms with van der Waals surface area (Å²) in [6, 6.07) is 6.11. The first kappa shape index (κ1) is 14.2. The molecule has 0 bridgehead atoms. The molecule has 0 unspecified atom stereocenters. The molecule has 0 radical (unpaired) electrons. The Kier molecular flexibility index (Phi) is 3.84. The summed E-state index contributed by atoms with van der Waals surface area (Å²) in [4.78, 5) is 19.4. The standard InChI is InChI=1S/C16H18N2O2/c1-9-5-10(2)16(11(3)6-9)13-7-12(4)17-14(18-13)8-15(19)20/h5-7H,8H2,1-4H3,(H,19,20). The number of aliphatic carboxylic acids is 1. The first-order valence-corrected chi connectivity index (χ1v) is 6.51. The van der Waals surface area contributed by atoms with Gasteiger partial charge in [-0.2, -0.15) is 0 Å². The van der Waals surface area contributed by atoms with Gasteiger partial charge in [0.2, 0.25) is 0 Å². The number of nitrogens with zero attached hydrogens (tertiary/aromatic N) is 2. The lowest BCUT2D eigenvalue weighted by Crippen LogP contribution is -2.07. The molecule has 104 valence electrons. The highest BCUT2D eigenvalue weighted by Crippen LogP contribution is 2.27. The maximum atomic E-state index is 10.8. The van der Waals surface area contributed by atoms with Crippen molar-refractivity contribution in [1.29, 1.82) is 0 Å². The Morgan fingerprint density at radius 3 is 2.20 bits per heavy atom. The molecule has 2 rings (SSSR count). The van der Waals surface area contributed by atoms with Gasteiger partial charge >= 0.3 is 5.97 Å². The molecule has 0 spiro atoms. The van der Waals surface area contributed by atoms with Gasteiger partial charge in [0.05, 0.1) is 5.69 Å². The zero-order chi connectivity index (χ0) is 14.9. The molecule has 0 saturated heterocycles. The predicted octanol–water partition coefficient (Wildman–Crippen LogP) is 3.00. The Hall–Kier alpha value is -2.23. The number of aryl methyl sites for hydroxylation is 4. The number of rotatable bonds is 3. The molecule has 20 heavy (non-hydrogen) atoms. The van der Waals surface area contributed by atoms with Crippen molar-refractivity contribution >= 4 is 5.97 Å². The summed E-state index contributed by atoms with van der Waals surface area (Å²) < 4.78 is 0. The van der Waals surface area contributed by atoms with E-state index in [2.05, 4.69) is 29.0 Å². The third kappa shape index (κ3) is 3.02. The molecule has 0 aliphatic carbocycles. The van der Waals surface area contributed by atoms with Crippen molar-refractivity contribution in [3.63, 3.8) is 0 Å². The van der Waals surface area contributed by atoms with Crippen molar-refractivity contribution < 1.29 is 9.90 Å². The van der Waals surface area contributed by atoms with Gasteiger partial charge in [-0.15, -0.1) is 0 Å². The van der Waals surface area contributed by atoms with E-state index in [1.165, 1.54) is 5.56 Å². The third-order valence-electron chi connectivity index (χ3n) is 3.14. The highest BCUT2D eigenvalue weighted by atomic mass is 16.4. The van der Waals surface area contributed by atoms with E-state index in [0.717, 1.165) is 28.1 Å². The second kappa shape index (κ2) is 5.41. The predicted molar refractivity (Wildman–Crippen MR) is 77.8 cm³/mol. The van der Waals surface area contributed by atoms with E-state index in [4.69, 9.17) is 5.11 Å². The molecule has 4 heteroatoms. The van der Waals surface area contributed by atoms with Crippen LogP contribution in [0.1, 0.15) is 28.2 Å². The second-order valence-corrected chi connectivity index (χ2v) is 5.16. The van der Waals surface area contributed by atoms with Gasteiger partial charge in [0.15, 0.2) is 0 Å². The minimum absolute atomic E-state index is 0.154. The summed E-state index contributed by atoms with van der Waals surface area (Å²) in [5.74, 6) is -0.564. The lowest BCUT2D eigenvalue weighted by atomic mass is 9.97. The lowest BCUT2D eigenvalue weighted by molar-refractivity contribution is -0.136. The van der Waals surface area contributed by atoms with Crippen LogP contribution in [0.4, 0.5) is 0 Å². The lowest BCUT2D eigenvalue weighted by Gasteiger charge is -2.12. The summed E-state index contributed by atoms with van der Waals surface area (Å²) in [5.41, 5.74) is 6.13. The zero-order valence-electron chi connectivity index (χ0n) is 12.2. The van der Waals surface area contributed by atoms with E-state index >= 15 is 0 Å². The van der Waals surface area contributed by atoms with Crippen LogP contribution in [0, 0.1) is 27.7 Å². The molecule has 2 aromatic rings. The van der Waals surface area contributed by atoms with Crippen molar-refractivity contribution in [2.24, 2.45) is 0 Å². The summed E-state index contributed by atoms with van der Waals surface area (Å²) in [7, 11) is 0. The van der Waals surface area contributed by atoms with E-state index in [1.807, 2.05) is 26.8 Å². The van der Waals surface area contributed by atoms with Gasteiger partial charge < -0.3 is 5.11 Å². The topological polar surface area (TPSA) is 63.1 Å². The van der Waals surface area contributed by atoms with Gasteiger partial charge in [0, 0.05) is 11.3 Å². The quantitative estimate of drug-likeness (QED) is 0.931. The van der Waals surface area contributed by atoms with Gasteiger partial charge in [-0.25, -0.2) is 9.97 Å². The van der Waals surface area contributed by atoms with Gasteiger partial charge in [0.25, 0.3) is 0 Å². The van der Waals surface area contributed by atoms with E-state index < -0.39 is 5.97 Å². The smallest absolute Gasteiger partial charge is 0.311 e. The fourth-order valence-corrected chi connectivity index (χ4v) is 2.56. The van der Waals surface area contributed by atoms with E-state index in [9.17, 15) is 4.79 Å². The Morgan fingerprint density at radius 1 is 1.05 bits per heavy atom. The number of carbonyl (C=O) groups is 1. The molecular weight excluding hydrogens is 252 g/mol. The average molecular weight is 270 g/mol. The Morgan fingerprint density at radius 2 is 1.65 bits per heavy atom. The maximum absolute atomic E-state index is 10.8. The van der Waals surface area contributed by atoms with Gasteiger partial charge in [-0.1, -0.05) is 17.7 Å². The summed E-state index contributed by atoms with van der Waals surface area (Å²) >= 11 is 0. The maximum Gasteiger partial charge on any atom is 0.311 e. The molecule has 1 aromatic carbocycles. The Bertz CT molecular complexity index is 655. The minimum atomic E-state index is -0.918. The molecular formula is C16H18N2O2. The van der Waals surface area contributed by atoms with Gasteiger partial charge in [0.1, 0.15) is 12.2 Å². The number of aromatic nitrogens is 2. The molecule has 1 N–H and O–H groups in total. The Labute approximate surface area is 118 Å².